The van der Waals surface area contributed by atoms with Crippen molar-refractivity contribution in [3.05, 3.63) is 34.7 Å². The predicted molar refractivity (Wildman–Crippen MR) is 61.8 cm³/mol. The number of rotatable bonds is 1. The Morgan fingerprint density at radius 2 is 1.88 bits per heavy atom. The first-order valence-corrected chi connectivity index (χ1v) is 6.29. The molecule has 0 fully saturated rings. The monoisotopic (exact) mass is 324 g/mol. The fraction of sp³-hybridized carbons (Fsp3) is 0.333. The second-order valence-electron chi connectivity index (χ2n) is 3.69. The van der Waals surface area contributed by atoms with Gasteiger partial charge in [0.15, 0.2) is 9.58 Å². The lowest BCUT2D eigenvalue weighted by Crippen LogP contribution is -3.00. The minimum absolute atomic E-state index is 0. The van der Waals surface area contributed by atoms with Crippen molar-refractivity contribution in [2.45, 2.75) is 25.8 Å². The van der Waals surface area contributed by atoms with Crippen LogP contribution in [0.1, 0.15) is 17.4 Å². The lowest BCUT2D eigenvalue weighted by atomic mass is 10.1. The summed E-state index contributed by atoms with van der Waals surface area (Å²) in [6.07, 6.45) is 0.766. The summed E-state index contributed by atoms with van der Waals surface area (Å²) in [5, 5.41) is 0.781. The zero-order valence-corrected chi connectivity index (χ0v) is 11.8. The smallest absolute Gasteiger partial charge is 0.600 e. The van der Waals surface area contributed by atoms with Crippen LogP contribution in [0.5, 0.6) is 0 Å². The molecule has 0 aliphatic heterocycles. The van der Waals surface area contributed by atoms with Crippen LogP contribution in [0.2, 0.25) is 0 Å². The molecule has 0 bridgehead atoms. The van der Waals surface area contributed by atoms with E-state index in [2.05, 4.69) is 0 Å². The van der Waals surface area contributed by atoms with Crippen LogP contribution in [0.3, 0.4) is 0 Å². The maximum absolute atomic E-state index is 12.9. The molecule has 0 spiro atoms. The number of thiophene rings is 1. The van der Waals surface area contributed by atoms with Crippen LogP contribution in [-0.2, 0) is 11.9 Å². The van der Waals surface area contributed by atoms with Gasteiger partial charge in [0.25, 0.3) is 0 Å². The Balaban J connectivity index is 0.00000144. The highest BCUT2D eigenvalue weighted by atomic mass is 79.9. The Labute approximate surface area is 111 Å². The van der Waals surface area contributed by atoms with Gasteiger partial charge < -0.3 is 17.0 Å². The fourth-order valence-electron chi connectivity index (χ4n) is 1.98. The molecule has 1 unspecified atom stereocenters. The van der Waals surface area contributed by atoms with E-state index < -0.39 is 16.0 Å². The molecule has 94 valence electrons. The van der Waals surface area contributed by atoms with Crippen molar-refractivity contribution in [3.63, 3.8) is 0 Å². The van der Waals surface area contributed by atoms with E-state index in [4.69, 9.17) is 0 Å². The van der Waals surface area contributed by atoms with E-state index in [0.29, 0.717) is 9.58 Å². The molecule has 1 aromatic heterocycles. The Morgan fingerprint density at radius 3 is 2.41 bits per heavy atom. The predicted octanol–water partition coefficient (Wildman–Crippen LogP) is 1.94. The average Bonchev–Trinajstić information content (AvgIpc) is 2.52. The molecule has 0 N–H and O–H groups in total. The lowest BCUT2D eigenvalue weighted by molar-refractivity contribution is -0.0867. The van der Waals surface area contributed by atoms with Gasteiger partial charge in [-0.3, -0.25) is 0 Å². The molecule has 17 heavy (non-hydrogen) atoms. The van der Waals surface area contributed by atoms with Crippen LogP contribution in [0, 0.1) is 6.92 Å². The molecular weight excluding hydrogens is 313 g/mol. The highest BCUT2D eigenvalue weighted by Crippen LogP contribution is 2.50. The van der Waals surface area contributed by atoms with E-state index in [1.54, 1.807) is 25.1 Å². The fourth-order valence-corrected chi connectivity index (χ4v) is 3.80. The normalized spacial score (nSPS) is 12.6. The summed E-state index contributed by atoms with van der Waals surface area (Å²) >= 11 is 0. The number of fused-ring (bicyclic) bond motifs is 1. The van der Waals surface area contributed by atoms with Crippen molar-refractivity contribution in [3.8, 4) is 0 Å². The van der Waals surface area contributed by atoms with Gasteiger partial charge in [-0.1, -0.05) is 19.1 Å². The van der Waals surface area contributed by atoms with Gasteiger partial charge >= 0.3 is 5.51 Å². The minimum Gasteiger partial charge on any atom is -1.00 e. The molecule has 1 aromatic carbocycles. The molecule has 2 aromatic rings. The van der Waals surface area contributed by atoms with Gasteiger partial charge in [-0.05, 0) is 18.1 Å². The number of benzene rings is 1. The van der Waals surface area contributed by atoms with E-state index >= 15 is 0 Å². The molecule has 0 radical (unpaired) electrons. The number of aryl methyl sites for hydroxylation is 2. The second-order valence-corrected chi connectivity index (χ2v) is 5.85. The Kier molecular flexibility index (Phi) is 4.25. The van der Waals surface area contributed by atoms with Crippen molar-refractivity contribution in [2.24, 2.45) is 0 Å². The topological polar surface area (TPSA) is 0 Å². The molecule has 0 saturated heterocycles. The number of hydrogen-bond donors (Lipinski definition) is 0. The van der Waals surface area contributed by atoms with Gasteiger partial charge in [-0.25, -0.2) is 0 Å². The summed E-state index contributed by atoms with van der Waals surface area (Å²) in [5.41, 5.74) is -3.16. The summed E-state index contributed by atoms with van der Waals surface area (Å²) in [6, 6.07) is 6.89. The summed E-state index contributed by atoms with van der Waals surface area (Å²) < 4.78 is 39.1. The van der Waals surface area contributed by atoms with Crippen LogP contribution in [0.4, 0.5) is 13.2 Å². The molecular formula is C12H12BrF3S. The molecule has 0 aliphatic carbocycles. The highest BCUT2D eigenvalue weighted by Gasteiger charge is 2.47. The van der Waals surface area contributed by atoms with Gasteiger partial charge in [-0.2, -0.15) is 0 Å². The van der Waals surface area contributed by atoms with Gasteiger partial charge in [0, 0.05) is 18.4 Å². The summed E-state index contributed by atoms with van der Waals surface area (Å²) in [7, 11) is -1.72. The van der Waals surface area contributed by atoms with Gasteiger partial charge in [-0.15, -0.1) is 13.2 Å². The van der Waals surface area contributed by atoms with E-state index in [-0.39, 0.29) is 17.0 Å². The SMILES string of the molecule is CCc1cccc2c1cc(C)[s+]2C(F)(F)F.[Br-]. The van der Waals surface area contributed by atoms with E-state index in [1.165, 1.54) is 0 Å². The van der Waals surface area contributed by atoms with Crippen LogP contribution in [0.25, 0.3) is 10.1 Å². The first-order valence-electron chi connectivity index (χ1n) is 5.06. The molecule has 0 nitrogen and oxygen atoms in total. The summed E-state index contributed by atoms with van der Waals surface area (Å²) in [6.45, 7) is 3.53. The van der Waals surface area contributed by atoms with Crippen LogP contribution >= 0.6 is 10.5 Å². The van der Waals surface area contributed by atoms with Gasteiger partial charge in [0.2, 0.25) is 0 Å². The Bertz CT molecular complexity index is 528. The maximum atomic E-state index is 12.9. The zero-order chi connectivity index (χ0) is 11.9. The van der Waals surface area contributed by atoms with E-state index in [1.807, 2.05) is 13.0 Å². The number of hydrogen-bond acceptors (Lipinski definition) is 0. The Morgan fingerprint density at radius 1 is 1.24 bits per heavy atom. The maximum Gasteiger partial charge on any atom is 0.600 e. The molecule has 5 heteroatoms. The van der Waals surface area contributed by atoms with Crippen LogP contribution in [-0.4, -0.2) is 0 Å². The van der Waals surface area contributed by atoms with E-state index in [9.17, 15) is 13.2 Å². The third-order valence-electron chi connectivity index (χ3n) is 2.66. The van der Waals surface area contributed by atoms with Crippen molar-refractivity contribution in [1.29, 1.82) is 0 Å². The summed E-state index contributed by atoms with van der Waals surface area (Å²) in [4.78, 5) is 0.420. The minimum atomic E-state index is -4.15. The summed E-state index contributed by atoms with van der Waals surface area (Å²) in [5.74, 6) is 0. The third-order valence-corrected chi connectivity index (χ3v) is 4.68. The zero-order valence-electron chi connectivity index (χ0n) is 9.44. The largest absolute Gasteiger partial charge is 1.00 e. The lowest BCUT2D eigenvalue weighted by Gasteiger charge is -1.98. The first kappa shape index (κ1) is 14.5. The molecule has 2 rings (SSSR count). The van der Waals surface area contributed by atoms with Crippen molar-refractivity contribution in [2.75, 3.05) is 0 Å². The third kappa shape index (κ3) is 2.50. The second kappa shape index (κ2) is 4.98. The van der Waals surface area contributed by atoms with Crippen molar-refractivity contribution in [1.82, 2.24) is 0 Å². The Hall–Kier alpha value is -0.550. The first-order chi connectivity index (χ1) is 7.45. The van der Waals surface area contributed by atoms with E-state index in [0.717, 1.165) is 17.4 Å². The quantitative estimate of drug-likeness (QED) is 0.703. The van der Waals surface area contributed by atoms with Crippen molar-refractivity contribution >= 4 is 20.6 Å². The van der Waals surface area contributed by atoms with Gasteiger partial charge in [0.05, 0.1) is 10.5 Å². The molecule has 1 heterocycles. The standard InChI is InChI=1S/C12H12F3S.BrH/c1-3-9-5-4-6-11-10(9)7-8(2)16(11)12(13,14)15;/h4-7H,3H2,1-2H3;1H/q+1;/p-1. The van der Waals surface area contributed by atoms with Gasteiger partial charge in [0.1, 0.15) is 0 Å². The number of halogens is 4. The van der Waals surface area contributed by atoms with Crippen LogP contribution < -0.4 is 17.0 Å². The molecule has 0 amide bonds. The molecule has 0 aliphatic rings. The number of alkyl halides is 3. The highest BCUT2D eigenvalue weighted by molar-refractivity contribution is 7.38. The van der Waals surface area contributed by atoms with Crippen LogP contribution in [0.15, 0.2) is 24.3 Å². The average molecular weight is 325 g/mol. The molecule has 1 atom stereocenters. The molecule has 0 saturated carbocycles. The van der Waals surface area contributed by atoms with Crippen molar-refractivity contribution < 1.29 is 30.2 Å².